The van der Waals surface area contributed by atoms with Crippen LogP contribution in [0.15, 0.2) is 0 Å². The van der Waals surface area contributed by atoms with Crippen LogP contribution in [0.1, 0.15) is 438 Å². The molecule has 1 atom stereocenters. The number of esters is 3. The summed E-state index contributed by atoms with van der Waals surface area (Å²) in [7, 11) is 0. The molecule has 0 heterocycles. The highest BCUT2D eigenvalue weighted by molar-refractivity contribution is 5.71. The Hall–Kier alpha value is -1.59. The molecule has 0 fully saturated rings. The summed E-state index contributed by atoms with van der Waals surface area (Å²) in [5.41, 5.74) is 0. The molecule has 0 aliphatic heterocycles. The number of hydrogen-bond acceptors (Lipinski definition) is 6. The van der Waals surface area contributed by atoms with Gasteiger partial charge in [-0.25, -0.2) is 0 Å². The van der Waals surface area contributed by atoms with Gasteiger partial charge in [0.05, 0.1) is 0 Å². The van der Waals surface area contributed by atoms with E-state index in [2.05, 4.69) is 20.8 Å². The van der Waals surface area contributed by atoms with Crippen LogP contribution in [0.25, 0.3) is 0 Å². The topological polar surface area (TPSA) is 78.9 Å². The lowest BCUT2D eigenvalue weighted by Crippen LogP contribution is -2.30. The molecule has 0 rings (SSSR count). The van der Waals surface area contributed by atoms with Crippen molar-refractivity contribution in [2.75, 3.05) is 13.2 Å². The molecule has 0 saturated heterocycles. The summed E-state index contributed by atoms with van der Waals surface area (Å²) >= 11 is 0. The van der Waals surface area contributed by atoms with Crippen LogP contribution in [0.2, 0.25) is 0 Å². The lowest BCUT2D eigenvalue weighted by molar-refractivity contribution is -0.167. The largest absolute Gasteiger partial charge is 0.462 e. The first kappa shape index (κ1) is 78.4. The van der Waals surface area contributed by atoms with Gasteiger partial charge in [-0.3, -0.25) is 14.4 Å². The second-order valence-corrected chi connectivity index (χ2v) is 25.6. The van der Waals surface area contributed by atoms with Gasteiger partial charge < -0.3 is 14.2 Å². The molecule has 6 heteroatoms. The van der Waals surface area contributed by atoms with Crippen molar-refractivity contribution in [1.29, 1.82) is 0 Å². The maximum absolute atomic E-state index is 13.0. The zero-order valence-electron chi connectivity index (χ0n) is 54.9. The maximum atomic E-state index is 13.0. The number of unbranched alkanes of at least 4 members (excludes halogenated alkanes) is 59. The van der Waals surface area contributed by atoms with Gasteiger partial charge in [0, 0.05) is 19.3 Å². The summed E-state index contributed by atoms with van der Waals surface area (Å²) in [6, 6.07) is 0. The van der Waals surface area contributed by atoms with Gasteiger partial charge in [-0.05, 0) is 19.3 Å². The second kappa shape index (κ2) is 69.9. The average Bonchev–Trinajstić information content (AvgIpc) is 3.46. The van der Waals surface area contributed by atoms with Crippen molar-refractivity contribution >= 4 is 17.9 Å². The Morgan fingerprint density at radius 1 is 0.200 bits per heavy atom. The van der Waals surface area contributed by atoms with Crippen molar-refractivity contribution in [3.8, 4) is 0 Å². The average molecular weight is 1130 g/mol. The highest BCUT2D eigenvalue weighted by atomic mass is 16.6. The molecule has 0 amide bonds. The summed E-state index contributed by atoms with van der Waals surface area (Å²) in [6.07, 6.45) is 82.8. The number of hydrogen-bond donors (Lipinski definition) is 0. The lowest BCUT2D eigenvalue weighted by atomic mass is 10.0. The van der Waals surface area contributed by atoms with E-state index in [1.807, 2.05) is 0 Å². The molecule has 0 aromatic carbocycles. The van der Waals surface area contributed by atoms with Gasteiger partial charge in [-0.15, -0.1) is 0 Å². The third-order valence-corrected chi connectivity index (χ3v) is 17.4. The van der Waals surface area contributed by atoms with Gasteiger partial charge >= 0.3 is 17.9 Å². The van der Waals surface area contributed by atoms with E-state index in [0.29, 0.717) is 19.3 Å². The zero-order valence-corrected chi connectivity index (χ0v) is 54.9. The fraction of sp³-hybridized carbons (Fsp3) is 0.959. The first-order valence-corrected chi connectivity index (χ1v) is 37.0. The Labute approximate surface area is 501 Å². The molecule has 476 valence electrons. The van der Waals surface area contributed by atoms with Crippen LogP contribution >= 0.6 is 0 Å². The van der Waals surface area contributed by atoms with E-state index in [-0.39, 0.29) is 31.1 Å². The first-order valence-electron chi connectivity index (χ1n) is 37.0. The lowest BCUT2D eigenvalue weighted by Gasteiger charge is -2.18. The van der Waals surface area contributed by atoms with Crippen molar-refractivity contribution in [2.45, 2.75) is 444 Å². The van der Waals surface area contributed by atoms with Gasteiger partial charge in [-0.2, -0.15) is 0 Å². The maximum Gasteiger partial charge on any atom is 0.306 e. The van der Waals surface area contributed by atoms with E-state index in [0.717, 1.165) is 57.8 Å². The van der Waals surface area contributed by atoms with E-state index in [9.17, 15) is 14.4 Å². The molecule has 0 aromatic heterocycles. The van der Waals surface area contributed by atoms with Crippen molar-refractivity contribution < 1.29 is 28.6 Å². The molecule has 0 aliphatic carbocycles. The zero-order chi connectivity index (χ0) is 57.8. The molecule has 0 bridgehead atoms. The molecule has 1 unspecified atom stereocenters. The summed E-state index contributed by atoms with van der Waals surface area (Å²) < 4.78 is 17.1. The minimum atomic E-state index is -0.764. The van der Waals surface area contributed by atoms with E-state index in [1.54, 1.807) is 0 Å². The quantitative estimate of drug-likeness (QED) is 0.0343. The Kier molecular flexibility index (Phi) is 68.5. The normalized spacial score (nSPS) is 11.9. The highest BCUT2D eigenvalue weighted by Gasteiger charge is 2.20. The third kappa shape index (κ3) is 67.2. The van der Waals surface area contributed by atoms with Crippen LogP contribution in [0.5, 0.6) is 0 Å². The predicted molar refractivity (Wildman–Crippen MR) is 349 cm³/mol. The van der Waals surface area contributed by atoms with E-state index < -0.39 is 6.10 Å². The Morgan fingerprint density at radius 3 is 0.500 bits per heavy atom. The Bertz CT molecular complexity index is 1200. The van der Waals surface area contributed by atoms with Crippen LogP contribution in [-0.2, 0) is 28.6 Å². The molecule has 6 nitrogen and oxygen atoms in total. The summed E-state index contributed by atoms with van der Waals surface area (Å²) in [5, 5.41) is 0. The van der Waals surface area contributed by atoms with Crippen molar-refractivity contribution in [3.05, 3.63) is 0 Å². The SMILES string of the molecule is CCCCCCCCCCCCCCCCCCCCCCCCC(=O)OCC(COC(=O)CCCCCCCCCCCCCCCCCCCC)OC(=O)CCCCCCCCCCCCCCCCCCCCCCCC. The molecule has 0 saturated carbocycles. The number of carbonyl (C=O) groups excluding carboxylic acids is 3. The monoisotopic (exact) mass is 1130 g/mol. The summed E-state index contributed by atoms with van der Waals surface area (Å²) in [4.78, 5) is 38.5. The minimum Gasteiger partial charge on any atom is -0.462 e. The molecular weight excluding hydrogens is 985 g/mol. The smallest absolute Gasteiger partial charge is 0.306 e. The Morgan fingerprint density at radius 2 is 0.338 bits per heavy atom. The molecular formula is C74H144O6. The van der Waals surface area contributed by atoms with E-state index in [1.165, 1.54) is 340 Å². The second-order valence-electron chi connectivity index (χ2n) is 25.6. The predicted octanol–water partition coefficient (Wildman–Crippen LogP) is 25.4. The third-order valence-electron chi connectivity index (χ3n) is 17.4. The van der Waals surface area contributed by atoms with Crippen LogP contribution in [0.4, 0.5) is 0 Å². The summed E-state index contributed by atoms with van der Waals surface area (Å²) in [5.74, 6) is -0.814. The van der Waals surface area contributed by atoms with Gasteiger partial charge in [0.1, 0.15) is 13.2 Å². The first-order chi connectivity index (χ1) is 39.5. The van der Waals surface area contributed by atoms with Crippen molar-refractivity contribution in [3.63, 3.8) is 0 Å². The van der Waals surface area contributed by atoms with Gasteiger partial charge in [0.15, 0.2) is 6.10 Å². The molecule has 0 aromatic rings. The molecule has 80 heavy (non-hydrogen) atoms. The fourth-order valence-electron chi connectivity index (χ4n) is 11.8. The Balaban J connectivity index is 4.25. The van der Waals surface area contributed by atoms with Crippen LogP contribution < -0.4 is 0 Å². The number of carbonyl (C=O) groups is 3. The van der Waals surface area contributed by atoms with Gasteiger partial charge in [0.25, 0.3) is 0 Å². The van der Waals surface area contributed by atoms with Crippen LogP contribution in [0, 0.1) is 0 Å². The molecule has 0 radical (unpaired) electrons. The van der Waals surface area contributed by atoms with E-state index >= 15 is 0 Å². The van der Waals surface area contributed by atoms with E-state index in [4.69, 9.17) is 14.2 Å². The summed E-state index contributed by atoms with van der Waals surface area (Å²) in [6.45, 7) is 6.76. The van der Waals surface area contributed by atoms with Crippen molar-refractivity contribution in [2.24, 2.45) is 0 Å². The standard InChI is InChI=1S/C74H144O6/c1-4-7-10-13-16-19-22-25-28-31-34-36-38-40-43-46-49-52-55-58-61-64-67-73(76)79-70-71(69-78-72(75)66-63-60-57-54-51-48-45-42-33-30-27-24-21-18-15-12-9-6-3)80-74(77)68-65-62-59-56-53-50-47-44-41-39-37-35-32-29-26-23-20-17-14-11-8-5-2/h71H,4-70H2,1-3H3. The molecule has 0 aliphatic rings. The fourth-order valence-corrected chi connectivity index (χ4v) is 11.8. The van der Waals surface area contributed by atoms with Gasteiger partial charge in [0.2, 0.25) is 0 Å². The van der Waals surface area contributed by atoms with Crippen LogP contribution in [-0.4, -0.2) is 37.2 Å². The van der Waals surface area contributed by atoms with Crippen LogP contribution in [0.3, 0.4) is 0 Å². The number of rotatable bonds is 70. The molecule has 0 spiro atoms. The van der Waals surface area contributed by atoms with Gasteiger partial charge in [-0.1, -0.05) is 400 Å². The number of ether oxygens (including phenoxy) is 3. The minimum absolute atomic E-state index is 0.0598. The molecule has 0 N–H and O–H groups in total. The highest BCUT2D eigenvalue weighted by Crippen LogP contribution is 2.20. The van der Waals surface area contributed by atoms with Crippen molar-refractivity contribution in [1.82, 2.24) is 0 Å².